The molecule has 26 heavy (non-hydrogen) atoms. The third-order valence-electron chi connectivity index (χ3n) is 5.31. The minimum Gasteiger partial charge on any atom is -0.493 e. The van der Waals surface area contributed by atoms with Crippen molar-refractivity contribution < 1.29 is 14.6 Å². The molecule has 2 aliphatic rings. The number of hydrogen-bond acceptors (Lipinski definition) is 4. The highest BCUT2D eigenvalue weighted by Crippen LogP contribution is 2.28. The Hall–Kier alpha value is -2.34. The Morgan fingerprint density at radius 2 is 2.31 bits per heavy atom. The first-order chi connectivity index (χ1) is 12.7. The molecule has 1 fully saturated rings. The van der Waals surface area contributed by atoms with E-state index < -0.39 is 6.10 Å². The number of aliphatic hydroxyl groups is 1. The summed E-state index contributed by atoms with van der Waals surface area (Å²) < 4.78 is 7.50. The van der Waals surface area contributed by atoms with Crippen LogP contribution in [-0.4, -0.2) is 39.5 Å². The summed E-state index contributed by atoms with van der Waals surface area (Å²) in [5.74, 6) is 1.23. The van der Waals surface area contributed by atoms with Crippen molar-refractivity contribution in [2.45, 2.75) is 50.8 Å². The van der Waals surface area contributed by atoms with Crippen molar-refractivity contribution in [2.75, 3.05) is 6.61 Å². The quantitative estimate of drug-likeness (QED) is 0.856. The summed E-state index contributed by atoms with van der Waals surface area (Å²) in [5, 5.41) is 17.5. The maximum Gasteiger partial charge on any atom is 0.224 e. The Kier molecular flexibility index (Phi) is 4.93. The topological polar surface area (TPSA) is 76.4 Å². The summed E-state index contributed by atoms with van der Waals surface area (Å²) in [6, 6.07) is 7.70. The lowest BCUT2D eigenvalue weighted by atomic mass is 10.0. The van der Waals surface area contributed by atoms with Crippen LogP contribution in [0.1, 0.15) is 30.4 Å². The van der Waals surface area contributed by atoms with E-state index in [-0.39, 0.29) is 11.9 Å². The fourth-order valence-corrected chi connectivity index (χ4v) is 4.06. The lowest BCUT2D eigenvalue weighted by Crippen LogP contribution is -2.40. The predicted molar refractivity (Wildman–Crippen MR) is 96.9 cm³/mol. The molecule has 6 nitrogen and oxygen atoms in total. The number of fused-ring (bicyclic) bond motifs is 1. The molecule has 3 atom stereocenters. The first-order valence-electron chi connectivity index (χ1n) is 9.37. The van der Waals surface area contributed by atoms with E-state index in [1.807, 2.05) is 29.1 Å². The highest BCUT2D eigenvalue weighted by atomic mass is 16.5. The molecule has 1 aliphatic carbocycles. The molecule has 1 aromatic heterocycles. The lowest BCUT2D eigenvalue weighted by molar-refractivity contribution is -0.121. The van der Waals surface area contributed by atoms with Gasteiger partial charge in [-0.15, -0.1) is 0 Å². The summed E-state index contributed by atoms with van der Waals surface area (Å²) >= 11 is 0. The van der Waals surface area contributed by atoms with Gasteiger partial charge in [-0.3, -0.25) is 9.48 Å². The molecular formula is C20H25N3O3. The Morgan fingerprint density at radius 1 is 1.38 bits per heavy atom. The van der Waals surface area contributed by atoms with Crippen LogP contribution in [0, 0.1) is 5.92 Å². The number of hydrogen-bond donors (Lipinski definition) is 2. The first kappa shape index (κ1) is 17.1. The average molecular weight is 355 g/mol. The van der Waals surface area contributed by atoms with Crippen LogP contribution in [0.25, 0.3) is 0 Å². The molecule has 0 bridgehead atoms. The number of carbonyl (C=O) groups is 1. The number of carbonyl (C=O) groups excluding carboxylic acids is 1. The number of nitrogens with one attached hydrogen (secondary N) is 1. The van der Waals surface area contributed by atoms with E-state index in [1.165, 1.54) is 5.56 Å². The minimum atomic E-state index is -0.489. The third kappa shape index (κ3) is 3.90. The van der Waals surface area contributed by atoms with Crippen molar-refractivity contribution in [1.29, 1.82) is 0 Å². The molecule has 0 spiro atoms. The molecular weight excluding hydrogens is 330 g/mol. The van der Waals surface area contributed by atoms with Gasteiger partial charge in [0.1, 0.15) is 5.75 Å². The first-order valence-corrected chi connectivity index (χ1v) is 9.37. The van der Waals surface area contributed by atoms with Crippen LogP contribution in [-0.2, 0) is 24.2 Å². The van der Waals surface area contributed by atoms with Gasteiger partial charge < -0.3 is 15.2 Å². The van der Waals surface area contributed by atoms with E-state index in [0.29, 0.717) is 18.8 Å². The molecule has 6 heteroatoms. The van der Waals surface area contributed by atoms with Gasteiger partial charge in [-0.2, -0.15) is 5.10 Å². The smallest absolute Gasteiger partial charge is 0.224 e. The Morgan fingerprint density at radius 3 is 3.15 bits per heavy atom. The molecule has 1 amide bonds. The largest absolute Gasteiger partial charge is 0.493 e. The van der Waals surface area contributed by atoms with Crippen molar-refractivity contribution in [3.63, 3.8) is 0 Å². The van der Waals surface area contributed by atoms with E-state index in [1.54, 1.807) is 6.20 Å². The standard InChI is InChI=1S/C20H25N3O3/c24-18-11-15(13-23-7-2-6-21-23)10-17(18)22-20(25)12-14-4-5-19-16(9-14)3-1-8-26-19/h2,4-7,9,15,17-18,24H,1,3,8,10-13H2,(H,22,25)/t15?,17-,18-/m1/s1. The normalized spacial score (nSPS) is 24.7. The molecule has 4 rings (SSSR count). The fourth-order valence-electron chi connectivity index (χ4n) is 4.06. The maximum absolute atomic E-state index is 12.4. The van der Waals surface area contributed by atoms with Crippen molar-refractivity contribution in [1.82, 2.24) is 15.1 Å². The number of nitrogens with zero attached hydrogens (tertiary/aromatic N) is 2. The second-order valence-corrected chi connectivity index (χ2v) is 7.38. The summed E-state index contributed by atoms with van der Waals surface area (Å²) in [6.45, 7) is 1.55. The predicted octanol–water partition coefficient (Wildman–Crippen LogP) is 1.71. The van der Waals surface area contributed by atoms with Gasteiger partial charge in [0.2, 0.25) is 5.91 Å². The van der Waals surface area contributed by atoms with E-state index >= 15 is 0 Å². The van der Waals surface area contributed by atoms with Crippen LogP contribution in [0.5, 0.6) is 5.75 Å². The summed E-state index contributed by atoms with van der Waals surface area (Å²) in [4.78, 5) is 12.4. The molecule has 0 radical (unpaired) electrons. The SMILES string of the molecule is O=C(Cc1ccc2c(c1)CCCO2)N[C@@H]1CC(Cn2cccn2)C[C@H]1O. The average Bonchev–Trinajstić information content (AvgIpc) is 3.25. The lowest BCUT2D eigenvalue weighted by Gasteiger charge is -2.19. The van der Waals surface area contributed by atoms with E-state index in [2.05, 4.69) is 16.5 Å². The molecule has 1 aromatic carbocycles. The molecule has 2 aromatic rings. The van der Waals surface area contributed by atoms with Gasteiger partial charge in [0.15, 0.2) is 0 Å². The van der Waals surface area contributed by atoms with Gasteiger partial charge in [0.05, 0.1) is 25.2 Å². The van der Waals surface area contributed by atoms with Gasteiger partial charge in [-0.25, -0.2) is 0 Å². The zero-order chi connectivity index (χ0) is 17.9. The zero-order valence-electron chi connectivity index (χ0n) is 14.8. The highest BCUT2D eigenvalue weighted by Gasteiger charge is 2.34. The van der Waals surface area contributed by atoms with Crippen LogP contribution in [0.2, 0.25) is 0 Å². The van der Waals surface area contributed by atoms with Crippen LogP contribution in [0.4, 0.5) is 0 Å². The molecule has 1 saturated carbocycles. The second kappa shape index (κ2) is 7.50. The number of benzene rings is 1. The van der Waals surface area contributed by atoms with Crippen LogP contribution in [0.15, 0.2) is 36.7 Å². The number of ether oxygens (including phenoxy) is 1. The van der Waals surface area contributed by atoms with Crippen LogP contribution >= 0.6 is 0 Å². The minimum absolute atomic E-state index is 0.0366. The van der Waals surface area contributed by atoms with E-state index in [9.17, 15) is 9.90 Å². The second-order valence-electron chi connectivity index (χ2n) is 7.38. The molecule has 0 saturated heterocycles. The zero-order valence-corrected chi connectivity index (χ0v) is 14.8. The Labute approximate surface area is 153 Å². The number of aryl methyl sites for hydroxylation is 1. The number of aliphatic hydroxyl groups excluding tert-OH is 1. The third-order valence-corrected chi connectivity index (χ3v) is 5.31. The Bertz CT molecular complexity index is 760. The van der Waals surface area contributed by atoms with Crippen molar-refractivity contribution in [2.24, 2.45) is 5.92 Å². The van der Waals surface area contributed by atoms with Gasteiger partial charge in [-0.05, 0) is 54.9 Å². The van der Waals surface area contributed by atoms with Gasteiger partial charge >= 0.3 is 0 Å². The van der Waals surface area contributed by atoms with Crippen LogP contribution in [0.3, 0.4) is 0 Å². The van der Waals surface area contributed by atoms with E-state index in [4.69, 9.17) is 4.74 Å². The van der Waals surface area contributed by atoms with Crippen LogP contribution < -0.4 is 10.1 Å². The molecule has 2 N–H and O–H groups in total. The van der Waals surface area contributed by atoms with Gasteiger partial charge in [0, 0.05) is 18.9 Å². The molecule has 1 unspecified atom stereocenters. The van der Waals surface area contributed by atoms with Crippen molar-refractivity contribution in [3.8, 4) is 5.75 Å². The number of amides is 1. The van der Waals surface area contributed by atoms with Gasteiger partial charge in [-0.1, -0.05) is 12.1 Å². The van der Waals surface area contributed by atoms with E-state index in [0.717, 1.165) is 43.7 Å². The maximum atomic E-state index is 12.4. The fraction of sp³-hybridized carbons (Fsp3) is 0.500. The highest BCUT2D eigenvalue weighted by molar-refractivity contribution is 5.79. The molecule has 2 heterocycles. The summed E-state index contributed by atoms with van der Waals surface area (Å²) in [5.41, 5.74) is 2.18. The summed E-state index contributed by atoms with van der Waals surface area (Å²) in [6.07, 6.45) is 7.03. The summed E-state index contributed by atoms with van der Waals surface area (Å²) in [7, 11) is 0. The van der Waals surface area contributed by atoms with Gasteiger partial charge in [0.25, 0.3) is 0 Å². The molecule has 1 aliphatic heterocycles. The molecule has 138 valence electrons. The monoisotopic (exact) mass is 355 g/mol. The number of rotatable bonds is 5. The Balaban J connectivity index is 1.31. The van der Waals surface area contributed by atoms with Crippen molar-refractivity contribution in [3.05, 3.63) is 47.8 Å². The van der Waals surface area contributed by atoms with Crippen molar-refractivity contribution >= 4 is 5.91 Å². The number of aromatic nitrogens is 2.